The van der Waals surface area contributed by atoms with Crippen LogP contribution < -0.4 is 0 Å². The molecule has 0 radical (unpaired) electrons. The van der Waals surface area contributed by atoms with E-state index in [-0.39, 0.29) is 0 Å². The van der Waals surface area contributed by atoms with Crippen molar-refractivity contribution in [3.8, 4) is 0 Å². The number of aromatic nitrogens is 3. The molecule has 3 rings (SSSR count). The van der Waals surface area contributed by atoms with E-state index in [9.17, 15) is 0 Å². The van der Waals surface area contributed by atoms with Gasteiger partial charge in [-0.3, -0.25) is 0 Å². The number of nitrogens with zero attached hydrogens (tertiary/aromatic N) is 3. The summed E-state index contributed by atoms with van der Waals surface area (Å²) in [5, 5.41) is 8.74. The minimum Gasteiger partial charge on any atom is -0.193 e. The summed E-state index contributed by atoms with van der Waals surface area (Å²) in [4.78, 5) is 0. The molecular weight excluding hydrogens is 214 g/mol. The maximum absolute atomic E-state index is 4.59. The molecule has 3 nitrogen and oxygen atoms in total. The van der Waals surface area contributed by atoms with Crippen molar-refractivity contribution in [2.24, 2.45) is 11.8 Å². The van der Waals surface area contributed by atoms with Gasteiger partial charge in [-0.15, -0.1) is 5.10 Å². The first-order chi connectivity index (χ1) is 6.77. The van der Waals surface area contributed by atoms with Crippen molar-refractivity contribution in [1.82, 2.24) is 14.4 Å². The second kappa shape index (κ2) is 3.17. The normalized spacial score (nSPS) is 35.4. The highest BCUT2D eigenvalue weighted by Crippen LogP contribution is 2.50. The Hall–Kier alpha value is -0.160. The van der Waals surface area contributed by atoms with E-state index in [2.05, 4.69) is 35.8 Å². The van der Waals surface area contributed by atoms with Crippen molar-refractivity contribution >= 4 is 25.4 Å². The zero-order valence-corrected chi connectivity index (χ0v) is 9.59. The molecule has 0 spiro atoms. The first-order valence-electron chi connectivity index (χ1n) is 5.08. The fraction of sp³-hybridized carbons (Fsp3) is 0.778. The summed E-state index contributed by atoms with van der Waals surface area (Å²) in [5.74, 6) is 1.66. The molecule has 2 aliphatic carbocycles. The third kappa shape index (κ3) is 1.29. The van der Waals surface area contributed by atoms with E-state index in [1.165, 1.54) is 18.5 Å². The first kappa shape index (κ1) is 9.09. The van der Waals surface area contributed by atoms with Crippen LogP contribution in [0.2, 0.25) is 0 Å². The van der Waals surface area contributed by atoms with Crippen LogP contribution in [0.3, 0.4) is 0 Å². The molecule has 2 aliphatic rings. The molecule has 1 heterocycles. The van der Waals surface area contributed by atoms with Crippen LogP contribution >= 0.6 is 25.4 Å². The van der Waals surface area contributed by atoms with E-state index in [1.54, 1.807) is 4.09 Å². The number of hydrogen-bond donors (Lipinski definition) is 2. The van der Waals surface area contributed by atoms with E-state index in [0.717, 1.165) is 30.4 Å². The number of aryl methyl sites for hydroxylation is 1. The molecule has 3 atom stereocenters. The minimum atomic E-state index is 0.639. The highest BCUT2D eigenvalue weighted by molar-refractivity contribution is 7.81. The van der Waals surface area contributed by atoms with Crippen LogP contribution in [-0.2, 0) is 12.8 Å². The van der Waals surface area contributed by atoms with Gasteiger partial charge in [0.25, 0.3) is 0 Å². The molecule has 1 saturated carbocycles. The summed E-state index contributed by atoms with van der Waals surface area (Å²) >= 11 is 8.85. The Morgan fingerprint density at radius 2 is 1.93 bits per heavy atom. The zero-order chi connectivity index (χ0) is 9.71. The third-order valence-electron chi connectivity index (χ3n) is 3.54. The van der Waals surface area contributed by atoms with Crippen molar-refractivity contribution in [1.29, 1.82) is 0 Å². The van der Waals surface area contributed by atoms with Crippen molar-refractivity contribution < 1.29 is 0 Å². The van der Waals surface area contributed by atoms with Gasteiger partial charge in [0.2, 0.25) is 0 Å². The van der Waals surface area contributed by atoms with Gasteiger partial charge in [0.15, 0.2) is 0 Å². The monoisotopic (exact) mass is 227 g/mol. The van der Waals surface area contributed by atoms with Gasteiger partial charge in [-0.05, 0) is 50.3 Å². The molecule has 76 valence electrons. The fourth-order valence-corrected chi connectivity index (χ4v) is 3.46. The molecule has 1 fully saturated rings. The molecule has 1 aromatic rings. The largest absolute Gasteiger partial charge is 0.193 e. The Balaban J connectivity index is 1.87. The van der Waals surface area contributed by atoms with Crippen LogP contribution in [0.15, 0.2) is 0 Å². The molecule has 0 bridgehead atoms. The molecule has 1 aromatic heterocycles. The summed E-state index contributed by atoms with van der Waals surface area (Å²) in [6.45, 7) is 0. The van der Waals surface area contributed by atoms with Crippen LogP contribution in [0.25, 0.3) is 0 Å². The van der Waals surface area contributed by atoms with Crippen LogP contribution in [0.4, 0.5) is 0 Å². The molecule has 0 saturated heterocycles. The van der Waals surface area contributed by atoms with Crippen LogP contribution in [-0.4, -0.2) is 19.6 Å². The average Bonchev–Trinajstić information content (AvgIpc) is 2.58. The Morgan fingerprint density at radius 1 is 1.21 bits per heavy atom. The maximum Gasteiger partial charge on any atom is 0.0870 e. The van der Waals surface area contributed by atoms with Crippen molar-refractivity contribution in [3.63, 3.8) is 0 Å². The Morgan fingerprint density at radius 3 is 2.71 bits per heavy atom. The number of rotatable bonds is 0. The Labute approximate surface area is 94.2 Å². The van der Waals surface area contributed by atoms with Gasteiger partial charge in [-0.25, -0.2) is 0 Å². The van der Waals surface area contributed by atoms with Gasteiger partial charge in [0, 0.05) is 5.25 Å². The predicted octanol–water partition coefficient (Wildman–Crippen LogP) is 1.39. The highest BCUT2D eigenvalue weighted by Gasteiger charge is 2.47. The van der Waals surface area contributed by atoms with E-state index < -0.39 is 0 Å². The summed E-state index contributed by atoms with van der Waals surface area (Å²) in [5.41, 5.74) is 2.35. The lowest BCUT2D eigenvalue weighted by Crippen LogP contribution is -2.02. The Kier molecular flexibility index (Phi) is 2.06. The quantitative estimate of drug-likeness (QED) is 0.656. The zero-order valence-electron chi connectivity index (χ0n) is 7.80. The highest BCUT2D eigenvalue weighted by atomic mass is 32.1. The molecule has 0 N–H and O–H groups in total. The molecule has 5 heteroatoms. The maximum atomic E-state index is 4.59. The van der Waals surface area contributed by atoms with Crippen molar-refractivity contribution in [2.45, 2.75) is 30.9 Å². The molecular formula is C9H13N3S2. The van der Waals surface area contributed by atoms with Crippen molar-refractivity contribution in [3.05, 3.63) is 11.4 Å². The lowest BCUT2D eigenvalue weighted by molar-refractivity contribution is 0.578. The molecule has 0 amide bonds. The SMILES string of the molecule is SC1C2CCc3nnn(S)c3CCC12. The van der Waals surface area contributed by atoms with Gasteiger partial charge in [0.05, 0.1) is 11.4 Å². The van der Waals surface area contributed by atoms with Crippen LogP contribution in [0.5, 0.6) is 0 Å². The first-order valence-corrected chi connectivity index (χ1v) is 6.00. The van der Waals surface area contributed by atoms with Gasteiger partial charge in [-0.1, -0.05) is 5.21 Å². The summed E-state index contributed by atoms with van der Waals surface area (Å²) in [7, 11) is 0. The second-order valence-corrected chi connectivity index (χ2v) is 5.24. The average molecular weight is 227 g/mol. The molecule has 3 unspecified atom stereocenters. The van der Waals surface area contributed by atoms with Gasteiger partial charge in [0.1, 0.15) is 0 Å². The summed E-state index contributed by atoms with van der Waals surface area (Å²) in [6.07, 6.45) is 4.55. The van der Waals surface area contributed by atoms with Crippen LogP contribution in [0, 0.1) is 11.8 Å². The van der Waals surface area contributed by atoms with Gasteiger partial charge >= 0.3 is 0 Å². The minimum absolute atomic E-state index is 0.639. The summed E-state index contributed by atoms with van der Waals surface area (Å²) < 4.78 is 1.63. The Bertz CT molecular complexity index is 363. The van der Waals surface area contributed by atoms with E-state index in [1.807, 2.05) is 0 Å². The van der Waals surface area contributed by atoms with Gasteiger partial charge < -0.3 is 0 Å². The smallest absolute Gasteiger partial charge is 0.0870 e. The van der Waals surface area contributed by atoms with E-state index in [4.69, 9.17) is 0 Å². The van der Waals surface area contributed by atoms with Crippen LogP contribution in [0.1, 0.15) is 24.2 Å². The third-order valence-corrected chi connectivity index (χ3v) is 4.63. The number of thiol groups is 2. The van der Waals surface area contributed by atoms with E-state index >= 15 is 0 Å². The summed E-state index contributed by atoms with van der Waals surface area (Å²) in [6, 6.07) is 0. The van der Waals surface area contributed by atoms with Gasteiger partial charge in [-0.2, -0.15) is 16.7 Å². The van der Waals surface area contributed by atoms with E-state index in [0.29, 0.717) is 5.25 Å². The molecule has 0 aliphatic heterocycles. The lowest BCUT2D eigenvalue weighted by Gasteiger charge is -2.06. The topological polar surface area (TPSA) is 30.7 Å². The lowest BCUT2D eigenvalue weighted by atomic mass is 10.0. The molecule has 0 aromatic carbocycles. The fourth-order valence-electron chi connectivity index (χ4n) is 2.56. The number of fused-ring (bicyclic) bond motifs is 2. The van der Waals surface area contributed by atoms with Crippen molar-refractivity contribution in [2.75, 3.05) is 0 Å². The predicted molar refractivity (Wildman–Crippen MR) is 60.8 cm³/mol. The number of hydrogen-bond acceptors (Lipinski definition) is 4. The standard InChI is InChI=1S/C9H13N3S2/c13-9-5-1-3-7-8(4-2-6(5)9)12(14)11-10-7/h5-6,9,13-14H,1-4H2. The molecule has 14 heavy (non-hydrogen) atoms. The second-order valence-electron chi connectivity index (χ2n) is 4.27.